The predicted octanol–water partition coefficient (Wildman–Crippen LogP) is 1.83. The summed E-state index contributed by atoms with van der Waals surface area (Å²) >= 11 is 0. The highest BCUT2D eigenvalue weighted by Gasteiger charge is 2.20. The Balaban J connectivity index is 1.86. The lowest BCUT2D eigenvalue weighted by Gasteiger charge is -2.05. The Morgan fingerprint density at radius 3 is 2.74 bits per heavy atom. The van der Waals surface area contributed by atoms with Crippen LogP contribution in [-0.4, -0.2) is 16.2 Å². The van der Waals surface area contributed by atoms with Crippen molar-refractivity contribution in [2.75, 3.05) is 0 Å². The van der Waals surface area contributed by atoms with E-state index in [1.165, 1.54) is 25.0 Å². The Kier molecular flexibility index (Phi) is 3.13. The third kappa shape index (κ3) is 2.88. The smallest absolute Gasteiger partial charge is 0.268 e. The molecule has 0 radical (unpaired) electrons. The van der Waals surface area contributed by atoms with Gasteiger partial charge < -0.3 is 5.32 Å². The van der Waals surface area contributed by atoms with Crippen LogP contribution in [0.3, 0.4) is 0 Å². The molecule has 1 aromatic heterocycles. The van der Waals surface area contributed by atoms with Gasteiger partial charge in [-0.25, -0.2) is 9.49 Å². The number of nitrogens with one attached hydrogen (secondary N) is 2. The summed E-state index contributed by atoms with van der Waals surface area (Å²) in [6, 6.07) is 8.35. The van der Waals surface area contributed by atoms with E-state index in [4.69, 9.17) is 0 Å². The first-order valence-corrected chi connectivity index (χ1v) is 6.30. The Bertz CT molecular complexity index is 632. The summed E-state index contributed by atoms with van der Waals surface area (Å²) in [5.74, 6) is -0.288. The first kappa shape index (κ1) is 12.0. The van der Waals surface area contributed by atoms with Crippen LogP contribution in [0.5, 0.6) is 0 Å². The highest BCUT2D eigenvalue weighted by atomic mass is 19.1. The lowest BCUT2D eigenvalue weighted by Crippen LogP contribution is -2.23. The molecule has 5 heteroatoms. The number of halogens is 1. The molecular weight excluding hydrogens is 245 g/mol. The molecule has 0 spiro atoms. The molecule has 4 nitrogen and oxygen atoms in total. The second-order valence-corrected chi connectivity index (χ2v) is 4.77. The van der Waals surface area contributed by atoms with Crippen molar-refractivity contribution in [3.05, 3.63) is 52.1 Å². The van der Waals surface area contributed by atoms with Gasteiger partial charge in [-0.2, -0.15) is 5.10 Å². The Labute approximate surface area is 109 Å². The van der Waals surface area contributed by atoms with Gasteiger partial charge >= 0.3 is 0 Å². The fourth-order valence-corrected chi connectivity index (χ4v) is 1.89. The Morgan fingerprint density at radius 2 is 2.05 bits per heavy atom. The first-order valence-electron chi connectivity index (χ1n) is 6.30. The molecule has 1 fully saturated rings. The fraction of sp³-hybridized carbons (Fsp3) is 0.286. The average molecular weight is 259 g/mol. The summed E-state index contributed by atoms with van der Waals surface area (Å²) in [4.78, 5) is 11.7. The number of benzene rings is 1. The van der Waals surface area contributed by atoms with Gasteiger partial charge in [0.1, 0.15) is 5.82 Å². The van der Waals surface area contributed by atoms with Crippen molar-refractivity contribution in [2.24, 2.45) is 0 Å². The maximum atomic E-state index is 12.9. The van der Waals surface area contributed by atoms with Crippen molar-refractivity contribution in [2.45, 2.75) is 25.4 Å². The van der Waals surface area contributed by atoms with Crippen LogP contribution >= 0.6 is 0 Å². The van der Waals surface area contributed by atoms with Gasteiger partial charge in [0.05, 0.1) is 5.69 Å². The quantitative estimate of drug-likeness (QED) is 0.880. The third-order valence-corrected chi connectivity index (χ3v) is 3.18. The van der Waals surface area contributed by atoms with Crippen LogP contribution in [0.2, 0.25) is 0 Å². The first-order chi connectivity index (χ1) is 9.22. The molecule has 0 aliphatic heterocycles. The molecule has 19 heavy (non-hydrogen) atoms. The molecule has 0 amide bonds. The van der Waals surface area contributed by atoms with E-state index < -0.39 is 0 Å². The van der Waals surface area contributed by atoms with E-state index in [2.05, 4.69) is 15.5 Å². The van der Waals surface area contributed by atoms with Crippen molar-refractivity contribution in [3.63, 3.8) is 0 Å². The van der Waals surface area contributed by atoms with Crippen LogP contribution in [0.1, 0.15) is 18.4 Å². The van der Waals surface area contributed by atoms with Gasteiger partial charge in [0.15, 0.2) is 0 Å². The lowest BCUT2D eigenvalue weighted by molar-refractivity contribution is 0.628. The van der Waals surface area contributed by atoms with Crippen molar-refractivity contribution >= 4 is 0 Å². The normalized spacial score (nSPS) is 14.6. The van der Waals surface area contributed by atoms with E-state index in [-0.39, 0.29) is 11.4 Å². The number of nitrogens with zero attached hydrogens (tertiary/aromatic N) is 1. The summed E-state index contributed by atoms with van der Waals surface area (Å²) < 4.78 is 12.9. The summed E-state index contributed by atoms with van der Waals surface area (Å²) in [5.41, 5.74) is 1.90. The molecule has 1 aromatic carbocycles. The molecule has 2 aromatic rings. The molecule has 1 aliphatic rings. The monoisotopic (exact) mass is 259 g/mol. The van der Waals surface area contributed by atoms with Crippen molar-refractivity contribution in [3.8, 4) is 11.3 Å². The highest BCUT2D eigenvalue weighted by molar-refractivity contribution is 5.58. The van der Waals surface area contributed by atoms with E-state index in [1.54, 1.807) is 18.2 Å². The summed E-state index contributed by atoms with van der Waals surface area (Å²) in [5, 5.41) is 9.77. The SMILES string of the molecule is O=c1[nH]nc(-c2ccc(F)cc2)cc1CNC1CC1. The molecule has 0 unspecified atom stereocenters. The topological polar surface area (TPSA) is 57.8 Å². The maximum Gasteiger partial charge on any atom is 0.268 e. The van der Waals surface area contributed by atoms with Gasteiger partial charge in [0.25, 0.3) is 5.56 Å². The largest absolute Gasteiger partial charge is 0.310 e. The Morgan fingerprint density at radius 1 is 1.32 bits per heavy atom. The second kappa shape index (κ2) is 4.93. The minimum atomic E-state index is -0.288. The number of hydrogen-bond acceptors (Lipinski definition) is 3. The predicted molar refractivity (Wildman–Crippen MR) is 70.1 cm³/mol. The second-order valence-electron chi connectivity index (χ2n) is 4.77. The van der Waals surface area contributed by atoms with Crippen LogP contribution in [0, 0.1) is 5.82 Å². The van der Waals surface area contributed by atoms with Gasteiger partial charge in [-0.1, -0.05) is 0 Å². The fourth-order valence-electron chi connectivity index (χ4n) is 1.89. The van der Waals surface area contributed by atoms with Crippen molar-refractivity contribution < 1.29 is 4.39 Å². The van der Waals surface area contributed by atoms with E-state index in [1.807, 2.05) is 0 Å². The molecular formula is C14H14FN3O. The number of aromatic amines is 1. The van der Waals surface area contributed by atoms with E-state index >= 15 is 0 Å². The highest BCUT2D eigenvalue weighted by Crippen LogP contribution is 2.20. The molecule has 2 N–H and O–H groups in total. The molecule has 98 valence electrons. The number of rotatable bonds is 4. The minimum absolute atomic E-state index is 0.181. The van der Waals surface area contributed by atoms with Gasteiger partial charge in [0.2, 0.25) is 0 Å². The molecule has 0 saturated heterocycles. The van der Waals surface area contributed by atoms with Gasteiger partial charge in [-0.15, -0.1) is 0 Å². The summed E-state index contributed by atoms with van der Waals surface area (Å²) in [6.07, 6.45) is 2.35. The van der Waals surface area contributed by atoms with Crippen molar-refractivity contribution in [1.29, 1.82) is 0 Å². The maximum absolute atomic E-state index is 12.9. The van der Waals surface area contributed by atoms with Crippen molar-refractivity contribution in [1.82, 2.24) is 15.5 Å². The number of H-pyrrole nitrogens is 1. The van der Waals surface area contributed by atoms with E-state index in [0.29, 0.717) is 23.8 Å². The number of aromatic nitrogens is 2. The van der Waals surface area contributed by atoms with Gasteiger partial charge in [0, 0.05) is 23.7 Å². The minimum Gasteiger partial charge on any atom is -0.310 e. The molecule has 3 rings (SSSR count). The molecule has 1 heterocycles. The Hall–Kier alpha value is -2.01. The van der Waals surface area contributed by atoms with E-state index in [0.717, 1.165) is 5.56 Å². The van der Waals surface area contributed by atoms with Crippen LogP contribution in [0.15, 0.2) is 35.1 Å². The molecule has 0 atom stereocenters. The summed E-state index contributed by atoms with van der Waals surface area (Å²) in [7, 11) is 0. The zero-order valence-electron chi connectivity index (χ0n) is 10.3. The van der Waals surface area contributed by atoms with Crippen LogP contribution in [0.25, 0.3) is 11.3 Å². The van der Waals surface area contributed by atoms with Gasteiger partial charge in [-0.05, 0) is 43.2 Å². The molecule has 1 saturated carbocycles. The molecule has 0 bridgehead atoms. The third-order valence-electron chi connectivity index (χ3n) is 3.18. The van der Waals surface area contributed by atoms with Crippen LogP contribution < -0.4 is 10.9 Å². The average Bonchev–Trinajstić information content (AvgIpc) is 3.23. The zero-order chi connectivity index (χ0) is 13.2. The standard InChI is InChI=1S/C14H14FN3O/c15-11-3-1-9(2-4-11)13-7-10(14(19)18-17-13)8-16-12-5-6-12/h1-4,7,12,16H,5-6,8H2,(H,18,19). The van der Waals surface area contributed by atoms with Crippen LogP contribution in [-0.2, 0) is 6.54 Å². The van der Waals surface area contributed by atoms with Gasteiger partial charge in [-0.3, -0.25) is 4.79 Å². The zero-order valence-corrected chi connectivity index (χ0v) is 10.3. The number of hydrogen-bond donors (Lipinski definition) is 2. The van der Waals surface area contributed by atoms with E-state index in [9.17, 15) is 9.18 Å². The summed E-state index contributed by atoms with van der Waals surface area (Å²) in [6.45, 7) is 0.538. The lowest BCUT2D eigenvalue weighted by atomic mass is 10.1. The van der Waals surface area contributed by atoms with Crippen LogP contribution in [0.4, 0.5) is 4.39 Å². The molecule has 1 aliphatic carbocycles.